The van der Waals surface area contributed by atoms with Gasteiger partial charge in [-0.3, -0.25) is 0 Å². The number of carboxylic acid groups (broad SMARTS) is 1. The number of aliphatic hydroxyl groups excluding tert-OH is 2. The Morgan fingerprint density at radius 1 is 1.26 bits per heavy atom. The molecule has 0 radical (unpaired) electrons. The second-order valence-electron chi connectivity index (χ2n) is 3.92. The Morgan fingerprint density at radius 3 is 2.53 bits per heavy atom. The molecule has 0 spiro atoms. The summed E-state index contributed by atoms with van der Waals surface area (Å²) in [5.74, 6) is -1.04. The summed E-state index contributed by atoms with van der Waals surface area (Å²) < 4.78 is 5.46. The predicted octanol–water partition coefficient (Wildman–Crippen LogP) is 0.317. The highest BCUT2D eigenvalue weighted by Crippen LogP contribution is 2.22. The van der Waals surface area contributed by atoms with Crippen LogP contribution in [0.5, 0.6) is 0 Å². The molecule has 102 valence electrons. The van der Waals surface area contributed by atoms with Crippen molar-refractivity contribution in [2.75, 3.05) is 31.2 Å². The van der Waals surface area contributed by atoms with Crippen LogP contribution in [0.1, 0.15) is 10.4 Å². The van der Waals surface area contributed by atoms with Crippen molar-refractivity contribution in [2.24, 2.45) is 0 Å². The number of rotatable bonds is 6. The van der Waals surface area contributed by atoms with Crippen LogP contribution < -0.4 is 4.90 Å². The molecule has 0 bridgehead atoms. The van der Waals surface area contributed by atoms with Crippen LogP contribution in [0.3, 0.4) is 0 Å². The highest BCUT2D eigenvalue weighted by molar-refractivity contribution is 5.92. The summed E-state index contributed by atoms with van der Waals surface area (Å²) in [5.41, 5.74) is 1.00. The number of carbonyl (C=O) groups is 1. The minimum Gasteiger partial charge on any atom is -0.478 e. The Bertz CT molecular complexity index is 575. The minimum atomic E-state index is -1.04. The molecule has 0 saturated heterocycles. The lowest BCUT2D eigenvalue weighted by atomic mass is 10.2. The van der Waals surface area contributed by atoms with Crippen molar-refractivity contribution >= 4 is 23.1 Å². The minimum absolute atomic E-state index is 0.0981. The van der Waals surface area contributed by atoms with Crippen molar-refractivity contribution in [3.05, 3.63) is 23.8 Å². The van der Waals surface area contributed by atoms with Gasteiger partial charge in [0.2, 0.25) is 0 Å². The van der Waals surface area contributed by atoms with E-state index in [0.717, 1.165) is 0 Å². The van der Waals surface area contributed by atoms with E-state index in [-0.39, 0.29) is 37.9 Å². The zero-order chi connectivity index (χ0) is 13.8. The number of benzene rings is 1. The predicted molar refractivity (Wildman–Crippen MR) is 67.4 cm³/mol. The normalized spacial score (nSPS) is 10.8. The van der Waals surface area contributed by atoms with E-state index in [2.05, 4.69) is 4.98 Å². The van der Waals surface area contributed by atoms with E-state index in [4.69, 9.17) is 19.7 Å². The van der Waals surface area contributed by atoms with E-state index in [1.807, 2.05) is 0 Å². The standard InChI is InChI=1S/C12H14N2O5/c15-5-3-14(4-6-16)12-13-9-2-1-8(11(17)18)7-10(9)19-12/h1-2,7,15-16H,3-6H2,(H,17,18). The molecule has 1 aromatic carbocycles. The van der Waals surface area contributed by atoms with Crippen LogP contribution in [0, 0.1) is 0 Å². The summed E-state index contributed by atoms with van der Waals surface area (Å²) in [4.78, 5) is 16.6. The smallest absolute Gasteiger partial charge is 0.335 e. The molecule has 0 unspecified atom stereocenters. The average molecular weight is 266 g/mol. The number of carboxylic acids is 1. The molecule has 0 aliphatic heterocycles. The maximum atomic E-state index is 10.9. The summed E-state index contributed by atoms with van der Waals surface area (Å²) in [6.07, 6.45) is 0. The first-order valence-corrected chi connectivity index (χ1v) is 5.76. The SMILES string of the molecule is O=C(O)c1ccc2nc(N(CCO)CCO)oc2c1. The van der Waals surface area contributed by atoms with Gasteiger partial charge >= 0.3 is 5.97 Å². The number of aromatic carboxylic acids is 1. The van der Waals surface area contributed by atoms with Gasteiger partial charge in [-0.2, -0.15) is 4.98 Å². The number of oxazole rings is 1. The second kappa shape index (κ2) is 5.68. The van der Waals surface area contributed by atoms with Crippen molar-refractivity contribution in [3.63, 3.8) is 0 Å². The van der Waals surface area contributed by atoms with E-state index < -0.39 is 5.97 Å². The number of hydrogen-bond acceptors (Lipinski definition) is 6. The lowest BCUT2D eigenvalue weighted by Crippen LogP contribution is -2.29. The summed E-state index contributed by atoms with van der Waals surface area (Å²) in [5, 5.41) is 26.8. The fraction of sp³-hybridized carbons (Fsp3) is 0.333. The van der Waals surface area contributed by atoms with Gasteiger partial charge in [-0.15, -0.1) is 0 Å². The summed E-state index contributed by atoms with van der Waals surface area (Å²) in [6.45, 7) is 0.358. The molecule has 3 N–H and O–H groups in total. The number of nitrogens with zero attached hydrogens (tertiary/aromatic N) is 2. The van der Waals surface area contributed by atoms with Crippen molar-refractivity contribution < 1.29 is 24.5 Å². The fourth-order valence-corrected chi connectivity index (χ4v) is 1.73. The fourth-order valence-electron chi connectivity index (χ4n) is 1.73. The van der Waals surface area contributed by atoms with Gasteiger partial charge in [0.05, 0.1) is 18.8 Å². The summed E-state index contributed by atoms with van der Waals surface area (Å²) >= 11 is 0. The molecule has 0 saturated carbocycles. The summed E-state index contributed by atoms with van der Waals surface area (Å²) in [6, 6.07) is 4.64. The average Bonchev–Trinajstić information content (AvgIpc) is 2.80. The van der Waals surface area contributed by atoms with Gasteiger partial charge in [0.25, 0.3) is 6.01 Å². The van der Waals surface area contributed by atoms with Crippen LogP contribution in [0.2, 0.25) is 0 Å². The number of aromatic nitrogens is 1. The van der Waals surface area contributed by atoms with Crippen molar-refractivity contribution in [2.45, 2.75) is 0 Å². The molecule has 0 aliphatic rings. The van der Waals surface area contributed by atoms with Crippen molar-refractivity contribution in [3.8, 4) is 0 Å². The number of anilines is 1. The quantitative estimate of drug-likeness (QED) is 0.691. The van der Waals surface area contributed by atoms with Crippen molar-refractivity contribution in [1.82, 2.24) is 4.98 Å². The Balaban J connectivity index is 2.36. The van der Waals surface area contributed by atoms with E-state index >= 15 is 0 Å². The maximum absolute atomic E-state index is 10.9. The van der Waals surface area contributed by atoms with Gasteiger partial charge in [-0.1, -0.05) is 0 Å². The molecular weight excluding hydrogens is 252 g/mol. The first-order valence-electron chi connectivity index (χ1n) is 5.76. The highest BCUT2D eigenvalue weighted by atomic mass is 16.4. The molecule has 0 amide bonds. The molecule has 0 fully saturated rings. The molecule has 0 aliphatic carbocycles. The zero-order valence-electron chi connectivity index (χ0n) is 10.1. The third kappa shape index (κ3) is 2.83. The van der Waals surface area contributed by atoms with Crippen molar-refractivity contribution in [1.29, 1.82) is 0 Å². The van der Waals surface area contributed by atoms with E-state index in [9.17, 15) is 4.79 Å². The first-order chi connectivity index (χ1) is 9.15. The molecule has 0 atom stereocenters. The molecule has 19 heavy (non-hydrogen) atoms. The molecule has 2 rings (SSSR count). The van der Waals surface area contributed by atoms with E-state index in [1.54, 1.807) is 11.0 Å². The topological polar surface area (TPSA) is 107 Å². The second-order valence-corrected chi connectivity index (χ2v) is 3.92. The molecule has 7 heteroatoms. The maximum Gasteiger partial charge on any atom is 0.335 e. The van der Waals surface area contributed by atoms with Crippen LogP contribution in [0.25, 0.3) is 11.1 Å². The number of fused-ring (bicyclic) bond motifs is 1. The number of aliphatic hydroxyl groups is 2. The zero-order valence-corrected chi connectivity index (χ0v) is 10.1. The molecule has 2 aromatic rings. The Labute approximate surface area is 108 Å². The Kier molecular flexibility index (Phi) is 3.98. The van der Waals surface area contributed by atoms with Gasteiger partial charge in [0.1, 0.15) is 5.52 Å². The van der Waals surface area contributed by atoms with E-state index in [1.165, 1.54) is 12.1 Å². The van der Waals surface area contributed by atoms with Gasteiger partial charge in [-0.25, -0.2) is 4.79 Å². The van der Waals surface area contributed by atoms with Crippen LogP contribution in [0.4, 0.5) is 6.01 Å². The molecule has 7 nitrogen and oxygen atoms in total. The monoisotopic (exact) mass is 266 g/mol. The van der Waals surface area contributed by atoms with Crippen LogP contribution >= 0.6 is 0 Å². The van der Waals surface area contributed by atoms with Gasteiger partial charge in [0, 0.05) is 13.1 Å². The van der Waals surface area contributed by atoms with Crippen LogP contribution in [-0.2, 0) is 0 Å². The lowest BCUT2D eigenvalue weighted by Gasteiger charge is -2.17. The van der Waals surface area contributed by atoms with Crippen LogP contribution in [-0.4, -0.2) is 52.6 Å². The van der Waals surface area contributed by atoms with Gasteiger partial charge in [0.15, 0.2) is 5.58 Å². The third-order valence-corrected chi connectivity index (χ3v) is 2.63. The number of hydrogen-bond donors (Lipinski definition) is 3. The van der Waals surface area contributed by atoms with E-state index in [0.29, 0.717) is 11.1 Å². The Hall–Kier alpha value is -2.12. The molecular formula is C12H14N2O5. The van der Waals surface area contributed by atoms with Gasteiger partial charge in [-0.05, 0) is 18.2 Å². The summed E-state index contributed by atoms with van der Waals surface area (Å²) in [7, 11) is 0. The van der Waals surface area contributed by atoms with Crippen LogP contribution in [0.15, 0.2) is 22.6 Å². The first kappa shape index (κ1) is 13.3. The lowest BCUT2D eigenvalue weighted by molar-refractivity contribution is 0.0697. The van der Waals surface area contributed by atoms with Gasteiger partial charge < -0.3 is 24.6 Å². The highest BCUT2D eigenvalue weighted by Gasteiger charge is 2.14. The Morgan fingerprint density at radius 2 is 1.95 bits per heavy atom. The largest absolute Gasteiger partial charge is 0.478 e. The third-order valence-electron chi connectivity index (χ3n) is 2.63. The molecule has 1 aromatic heterocycles. The molecule has 1 heterocycles.